The zero-order valence-corrected chi connectivity index (χ0v) is 18.5. The second kappa shape index (κ2) is 8.61. The summed E-state index contributed by atoms with van der Waals surface area (Å²) in [4.78, 5) is 0. The monoisotopic (exact) mass is 396 g/mol. The highest BCUT2D eigenvalue weighted by molar-refractivity contribution is 5.29. The van der Waals surface area contributed by atoms with E-state index in [2.05, 4.69) is 38.1 Å². The van der Waals surface area contributed by atoms with Crippen LogP contribution < -0.4 is 4.74 Å². The van der Waals surface area contributed by atoms with Crippen molar-refractivity contribution in [1.82, 2.24) is 0 Å². The van der Waals surface area contributed by atoms with Crippen LogP contribution in [0.25, 0.3) is 0 Å². The molecule has 5 rings (SSSR count). The Hall–Kier alpha value is -1.02. The van der Waals surface area contributed by atoms with E-state index in [1.807, 2.05) is 0 Å². The molecule has 4 saturated carbocycles. The van der Waals surface area contributed by atoms with Gasteiger partial charge in [-0.1, -0.05) is 51.7 Å². The molecule has 1 aromatic carbocycles. The lowest BCUT2D eigenvalue weighted by Crippen LogP contribution is -2.39. The van der Waals surface area contributed by atoms with Gasteiger partial charge >= 0.3 is 0 Å². The molecule has 160 valence electrons. The average molecular weight is 397 g/mol. The van der Waals surface area contributed by atoms with Crippen LogP contribution in [0.15, 0.2) is 24.3 Å². The number of benzene rings is 1. The quantitative estimate of drug-likeness (QED) is 0.449. The third-order valence-corrected chi connectivity index (χ3v) is 9.03. The van der Waals surface area contributed by atoms with Gasteiger partial charge in [-0.15, -0.1) is 0 Å². The van der Waals surface area contributed by atoms with Gasteiger partial charge in [-0.2, -0.15) is 0 Å². The molecule has 0 saturated heterocycles. The predicted octanol–water partition coefficient (Wildman–Crippen LogP) is 7.33. The van der Waals surface area contributed by atoms with Crippen LogP contribution >= 0.6 is 0 Å². The van der Waals surface area contributed by atoms with Crippen LogP contribution in [0.3, 0.4) is 0 Å². The molecule has 0 N–H and O–H groups in total. The molecule has 7 atom stereocenters. The Kier molecular flexibility index (Phi) is 5.92. The Morgan fingerprint density at radius 1 is 0.862 bits per heavy atom. The van der Waals surface area contributed by atoms with Gasteiger partial charge in [0.05, 0.1) is 6.10 Å². The second-order valence-electron chi connectivity index (χ2n) is 10.6. The number of hydrogen-bond donors (Lipinski definition) is 0. The van der Waals surface area contributed by atoms with E-state index in [0.29, 0.717) is 17.9 Å². The molecule has 0 radical (unpaired) electrons. The van der Waals surface area contributed by atoms with Crippen molar-refractivity contribution in [3.63, 3.8) is 0 Å². The summed E-state index contributed by atoms with van der Waals surface area (Å²) in [5, 5.41) is 0. The van der Waals surface area contributed by atoms with E-state index in [4.69, 9.17) is 9.47 Å². The maximum atomic E-state index is 6.87. The summed E-state index contributed by atoms with van der Waals surface area (Å²) in [5.74, 6) is 5.92. The molecule has 2 heteroatoms. The van der Waals surface area contributed by atoms with Crippen molar-refractivity contribution in [2.24, 2.45) is 29.6 Å². The Balaban J connectivity index is 1.28. The lowest BCUT2D eigenvalue weighted by Gasteiger charge is -2.37. The highest BCUT2D eigenvalue weighted by atomic mass is 16.7. The van der Waals surface area contributed by atoms with E-state index in [1.165, 1.54) is 76.2 Å². The molecule has 4 fully saturated rings. The zero-order valence-electron chi connectivity index (χ0n) is 18.5. The van der Waals surface area contributed by atoms with Gasteiger partial charge < -0.3 is 9.47 Å². The highest BCUT2D eigenvalue weighted by Crippen LogP contribution is 2.59. The molecule has 0 aromatic heterocycles. The van der Waals surface area contributed by atoms with Crippen molar-refractivity contribution >= 4 is 0 Å². The Morgan fingerprint density at radius 2 is 1.62 bits per heavy atom. The predicted molar refractivity (Wildman–Crippen MR) is 118 cm³/mol. The summed E-state index contributed by atoms with van der Waals surface area (Å²) in [5.41, 5.74) is 1.41. The maximum Gasteiger partial charge on any atom is 0.202 e. The van der Waals surface area contributed by atoms with Crippen LogP contribution in [-0.4, -0.2) is 12.4 Å². The Labute approximate surface area is 177 Å². The largest absolute Gasteiger partial charge is 0.465 e. The van der Waals surface area contributed by atoms with E-state index >= 15 is 0 Å². The van der Waals surface area contributed by atoms with Crippen LogP contribution in [0.1, 0.15) is 96.0 Å². The summed E-state index contributed by atoms with van der Waals surface area (Å²) in [6.45, 7) is 4.56. The highest BCUT2D eigenvalue weighted by Gasteiger charge is 2.55. The molecule has 2 nitrogen and oxygen atoms in total. The van der Waals surface area contributed by atoms with Crippen LogP contribution in [-0.2, 0) is 4.74 Å². The minimum absolute atomic E-state index is 0.0473. The number of fused-ring (bicyclic) bond motifs is 5. The van der Waals surface area contributed by atoms with Crippen LogP contribution in [0.2, 0.25) is 0 Å². The number of ether oxygens (including phenoxy) is 2. The molecule has 7 unspecified atom stereocenters. The summed E-state index contributed by atoms with van der Waals surface area (Å²) in [6, 6.07) is 8.85. The fourth-order valence-electron chi connectivity index (χ4n) is 7.22. The first-order chi connectivity index (χ1) is 14.2. The lowest BCUT2D eigenvalue weighted by molar-refractivity contribution is -0.173. The van der Waals surface area contributed by atoms with Gasteiger partial charge in [0, 0.05) is 5.92 Å². The van der Waals surface area contributed by atoms with Crippen molar-refractivity contribution < 1.29 is 9.47 Å². The fraction of sp³-hybridized carbons (Fsp3) is 0.778. The van der Waals surface area contributed by atoms with Crippen molar-refractivity contribution in [1.29, 1.82) is 0 Å². The molecule has 4 aliphatic carbocycles. The van der Waals surface area contributed by atoms with E-state index in [1.54, 1.807) is 0 Å². The molecule has 0 amide bonds. The molecule has 2 bridgehead atoms. The zero-order chi connectivity index (χ0) is 19.8. The first-order valence-electron chi connectivity index (χ1n) is 12.6. The van der Waals surface area contributed by atoms with E-state index in [-0.39, 0.29) is 6.29 Å². The third kappa shape index (κ3) is 3.99. The van der Waals surface area contributed by atoms with Gasteiger partial charge in [0.15, 0.2) is 0 Å². The number of hydrogen-bond acceptors (Lipinski definition) is 2. The van der Waals surface area contributed by atoms with E-state index in [9.17, 15) is 0 Å². The minimum Gasteiger partial charge on any atom is -0.465 e. The van der Waals surface area contributed by atoms with Gasteiger partial charge in [0.1, 0.15) is 5.75 Å². The number of rotatable bonds is 7. The van der Waals surface area contributed by atoms with E-state index < -0.39 is 0 Å². The van der Waals surface area contributed by atoms with Crippen molar-refractivity contribution in [2.75, 3.05) is 0 Å². The smallest absolute Gasteiger partial charge is 0.202 e. The van der Waals surface area contributed by atoms with E-state index in [0.717, 1.165) is 29.4 Å². The maximum absolute atomic E-state index is 6.87. The topological polar surface area (TPSA) is 18.5 Å². The standard InChI is InChI=1S/C27H40O2/c1-3-18(2)19-12-14-22(15-13-19)28-27(20-8-5-4-6-9-20)29-26-17-21-16-25(26)24-11-7-10-23(21)24/h12-15,18,20-21,23-27H,3-11,16-17H2,1-2H3. The van der Waals surface area contributed by atoms with Crippen molar-refractivity contribution in [3.8, 4) is 5.75 Å². The Morgan fingerprint density at radius 3 is 2.38 bits per heavy atom. The summed E-state index contributed by atoms with van der Waals surface area (Å²) >= 11 is 0. The molecule has 4 aliphatic rings. The summed E-state index contributed by atoms with van der Waals surface area (Å²) in [7, 11) is 0. The minimum atomic E-state index is -0.0473. The van der Waals surface area contributed by atoms with Gasteiger partial charge in [-0.3, -0.25) is 0 Å². The van der Waals surface area contributed by atoms with Gasteiger partial charge in [0.2, 0.25) is 6.29 Å². The SMILES string of the molecule is CCC(C)c1ccc(OC(OC2CC3CC2C2CCCC32)C2CCCCC2)cc1. The van der Waals surface area contributed by atoms with Crippen LogP contribution in [0, 0.1) is 29.6 Å². The molecule has 29 heavy (non-hydrogen) atoms. The van der Waals surface area contributed by atoms with Crippen LogP contribution in [0.4, 0.5) is 0 Å². The summed E-state index contributed by atoms with van der Waals surface area (Å²) in [6.07, 6.45) is 15.3. The van der Waals surface area contributed by atoms with Crippen LogP contribution in [0.5, 0.6) is 5.75 Å². The first kappa shape index (κ1) is 19.9. The van der Waals surface area contributed by atoms with Gasteiger partial charge in [-0.25, -0.2) is 0 Å². The lowest BCUT2D eigenvalue weighted by atomic mass is 9.80. The normalized spacial score (nSPS) is 36.1. The third-order valence-electron chi connectivity index (χ3n) is 9.03. The fourth-order valence-corrected chi connectivity index (χ4v) is 7.22. The van der Waals surface area contributed by atoms with Gasteiger partial charge in [0.25, 0.3) is 0 Å². The molecule has 0 heterocycles. The summed E-state index contributed by atoms with van der Waals surface area (Å²) < 4.78 is 13.5. The van der Waals surface area contributed by atoms with Crippen molar-refractivity contribution in [3.05, 3.63) is 29.8 Å². The second-order valence-corrected chi connectivity index (χ2v) is 10.6. The molecular formula is C27H40O2. The van der Waals surface area contributed by atoms with Gasteiger partial charge in [-0.05, 0) is 92.2 Å². The molecule has 0 aliphatic heterocycles. The Bertz CT molecular complexity index is 662. The average Bonchev–Trinajstić information content (AvgIpc) is 3.48. The first-order valence-corrected chi connectivity index (χ1v) is 12.6. The molecule has 0 spiro atoms. The molecule has 1 aromatic rings. The molecular weight excluding hydrogens is 356 g/mol. The van der Waals surface area contributed by atoms with Crippen molar-refractivity contribution in [2.45, 2.75) is 103 Å².